The second-order valence-electron chi connectivity index (χ2n) is 4.99. The number of rotatable bonds is 4. The molecule has 6 heteroatoms. The van der Waals surface area contributed by atoms with Gasteiger partial charge in [0.25, 0.3) is 5.91 Å². The number of anilines is 1. The Morgan fingerprint density at radius 3 is 2.95 bits per heavy atom. The Hall–Kier alpha value is -1.59. The number of hydrogen-bond acceptors (Lipinski definition) is 3. The summed E-state index contributed by atoms with van der Waals surface area (Å²) in [5.74, 6) is -0.382. The molecule has 21 heavy (non-hydrogen) atoms. The van der Waals surface area contributed by atoms with Crippen molar-refractivity contribution in [3.63, 3.8) is 0 Å². The number of aryl methyl sites for hydroxylation is 1. The monoisotopic (exact) mass is 310 g/mol. The Kier molecular flexibility index (Phi) is 5.20. The van der Waals surface area contributed by atoms with E-state index in [4.69, 9.17) is 16.3 Å². The fraction of sp³-hybridized carbons (Fsp3) is 0.467. The number of carbonyl (C=O) groups excluding carboxylic acids is 2. The molecule has 1 N–H and O–H groups in total. The zero-order chi connectivity index (χ0) is 15.4. The normalized spacial score (nSPS) is 18.7. The van der Waals surface area contributed by atoms with Crippen LogP contribution in [0.1, 0.15) is 18.9 Å². The number of nitrogens with one attached hydrogen (secondary N) is 1. The van der Waals surface area contributed by atoms with Crippen molar-refractivity contribution in [3.8, 4) is 0 Å². The van der Waals surface area contributed by atoms with Crippen molar-refractivity contribution < 1.29 is 14.3 Å². The summed E-state index contributed by atoms with van der Waals surface area (Å²) in [6.07, 6.45) is -0.680. The molecule has 1 aromatic carbocycles. The summed E-state index contributed by atoms with van der Waals surface area (Å²) in [5, 5.41) is 3.33. The largest absolute Gasteiger partial charge is 0.366 e. The van der Waals surface area contributed by atoms with Crippen LogP contribution >= 0.6 is 11.6 Å². The molecule has 5 nitrogen and oxygen atoms in total. The molecule has 0 saturated carbocycles. The van der Waals surface area contributed by atoms with Crippen molar-refractivity contribution in [1.82, 2.24) is 4.90 Å². The van der Waals surface area contributed by atoms with Gasteiger partial charge in [-0.25, -0.2) is 0 Å². The lowest BCUT2D eigenvalue weighted by atomic mass is 10.1. The third-order valence-corrected chi connectivity index (χ3v) is 3.88. The molecule has 0 radical (unpaired) electrons. The molecule has 2 amide bonds. The van der Waals surface area contributed by atoms with Crippen molar-refractivity contribution in [2.24, 2.45) is 0 Å². The van der Waals surface area contributed by atoms with Crippen LogP contribution < -0.4 is 5.32 Å². The Labute approximate surface area is 129 Å². The van der Waals surface area contributed by atoms with E-state index in [2.05, 4.69) is 5.32 Å². The molecular weight excluding hydrogens is 292 g/mol. The Morgan fingerprint density at radius 2 is 2.29 bits per heavy atom. The molecule has 1 aliphatic rings. The van der Waals surface area contributed by atoms with Gasteiger partial charge in [-0.2, -0.15) is 0 Å². The predicted molar refractivity (Wildman–Crippen MR) is 81.4 cm³/mol. The SMILES string of the molecule is CCN1CCO[C@H](CC(=O)Nc2ccc(C)c(Cl)c2)C1=O. The molecule has 0 bridgehead atoms. The number of likely N-dealkylation sites (N-methyl/N-ethyl adjacent to an activating group) is 1. The van der Waals surface area contributed by atoms with Crippen LogP contribution in [0, 0.1) is 6.92 Å². The fourth-order valence-electron chi connectivity index (χ4n) is 2.20. The highest BCUT2D eigenvalue weighted by atomic mass is 35.5. The number of halogens is 1. The van der Waals surface area contributed by atoms with Crippen molar-refractivity contribution in [1.29, 1.82) is 0 Å². The number of hydrogen-bond donors (Lipinski definition) is 1. The highest BCUT2D eigenvalue weighted by Gasteiger charge is 2.30. The lowest BCUT2D eigenvalue weighted by Crippen LogP contribution is -2.48. The van der Waals surface area contributed by atoms with Gasteiger partial charge < -0.3 is 15.0 Å². The highest BCUT2D eigenvalue weighted by molar-refractivity contribution is 6.31. The first kappa shape index (κ1) is 15.8. The standard InChI is InChI=1S/C15H19ClN2O3/c1-3-18-6-7-21-13(15(18)20)9-14(19)17-11-5-4-10(2)12(16)8-11/h4-5,8,13H,3,6-7,9H2,1-2H3,(H,17,19)/t13-/m1/s1. The molecule has 0 unspecified atom stereocenters. The van der Waals surface area contributed by atoms with Gasteiger partial charge in [0.05, 0.1) is 13.0 Å². The smallest absolute Gasteiger partial charge is 0.252 e. The molecule has 1 atom stereocenters. The van der Waals surface area contributed by atoms with Crippen LogP contribution in [0.25, 0.3) is 0 Å². The van der Waals surface area contributed by atoms with Crippen molar-refractivity contribution in [2.45, 2.75) is 26.4 Å². The van der Waals surface area contributed by atoms with E-state index in [0.717, 1.165) is 5.56 Å². The summed E-state index contributed by atoms with van der Waals surface area (Å²) >= 11 is 6.01. The fourth-order valence-corrected chi connectivity index (χ4v) is 2.38. The summed E-state index contributed by atoms with van der Waals surface area (Å²) in [7, 11) is 0. The number of nitrogens with zero attached hydrogens (tertiary/aromatic N) is 1. The minimum Gasteiger partial charge on any atom is -0.366 e. The van der Waals surface area contributed by atoms with Gasteiger partial charge in [0.2, 0.25) is 5.91 Å². The third-order valence-electron chi connectivity index (χ3n) is 3.48. The van der Waals surface area contributed by atoms with Crippen molar-refractivity contribution in [2.75, 3.05) is 25.0 Å². The van der Waals surface area contributed by atoms with E-state index in [1.54, 1.807) is 17.0 Å². The van der Waals surface area contributed by atoms with E-state index in [-0.39, 0.29) is 18.2 Å². The molecule has 2 rings (SSSR count). The zero-order valence-electron chi connectivity index (χ0n) is 12.2. The summed E-state index contributed by atoms with van der Waals surface area (Å²) in [5.41, 5.74) is 1.56. The molecular formula is C15H19ClN2O3. The maximum absolute atomic E-state index is 12.0. The average molecular weight is 311 g/mol. The Bertz CT molecular complexity index is 548. The lowest BCUT2D eigenvalue weighted by molar-refractivity contribution is -0.154. The van der Waals surface area contributed by atoms with E-state index < -0.39 is 6.10 Å². The van der Waals surface area contributed by atoms with E-state index >= 15 is 0 Å². The maximum atomic E-state index is 12.0. The topological polar surface area (TPSA) is 58.6 Å². The summed E-state index contributed by atoms with van der Waals surface area (Å²) < 4.78 is 5.40. The van der Waals surface area contributed by atoms with E-state index in [0.29, 0.717) is 30.4 Å². The first-order valence-electron chi connectivity index (χ1n) is 6.97. The molecule has 1 fully saturated rings. The number of benzene rings is 1. The van der Waals surface area contributed by atoms with Gasteiger partial charge in [0.1, 0.15) is 6.10 Å². The van der Waals surface area contributed by atoms with Gasteiger partial charge in [-0.15, -0.1) is 0 Å². The molecule has 1 heterocycles. The molecule has 0 aliphatic carbocycles. The van der Waals surface area contributed by atoms with E-state index in [1.165, 1.54) is 0 Å². The molecule has 1 aliphatic heterocycles. The molecule has 1 aromatic rings. The number of ether oxygens (including phenoxy) is 1. The van der Waals surface area contributed by atoms with E-state index in [1.807, 2.05) is 19.9 Å². The zero-order valence-corrected chi connectivity index (χ0v) is 12.9. The van der Waals surface area contributed by atoms with E-state index in [9.17, 15) is 9.59 Å². The van der Waals surface area contributed by atoms with Gasteiger partial charge in [-0.05, 0) is 31.5 Å². The first-order valence-corrected chi connectivity index (χ1v) is 7.35. The second kappa shape index (κ2) is 6.91. The van der Waals surface area contributed by atoms with Crippen LogP contribution in [-0.2, 0) is 14.3 Å². The predicted octanol–water partition coefficient (Wildman–Crippen LogP) is 2.22. The van der Waals surface area contributed by atoms with Crippen LogP contribution in [0.4, 0.5) is 5.69 Å². The first-order chi connectivity index (χ1) is 10.0. The van der Waals surface area contributed by atoms with Gasteiger partial charge >= 0.3 is 0 Å². The van der Waals surface area contributed by atoms with Crippen molar-refractivity contribution >= 4 is 29.1 Å². The number of carbonyl (C=O) groups is 2. The quantitative estimate of drug-likeness (QED) is 0.927. The number of morpholine rings is 1. The van der Waals surface area contributed by atoms with Gasteiger partial charge in [-0.3, -0.25) is 9.59 Å². The Morgan fingerprint density at radius 1 is 1.52 bits per heavy atom. The lowest BCUT2D eigenvalue weighted by Gasteiger charge is -2.31. The Balaban J connectivity index is 1.95. The van der Waals surface area contributed by atoms with Crippen LogP contribution in [-0.4, -0.2) is 42.5 Å². The summed E-state index contributed by atoms with van der Waals surface area (Å²) in [6.45, 7) is 5.49. The molecule has 1 saturated heterocycles. The minimum absolute atomic E-state index is 0.0147. The van der Waals surface area contributed by atoms with Crippen LogP contribution in [0.2, 0.25) is 5.02 Å². The summed E-state index contributed by atoms with van der Waals surface area (Å²) in [4.78, 5) is 25.8. The third kappa shape index (κ3) is 3.95. The minimum atomic E-state index is -0.695. The number of amides is 2. The van der Waals surface area contributed by atoms with Gasteiger partial charge in [0.15, 0.2) is 0 Å². The van der Waals surface area contributed by atoms with Crippen LogP contribution in [0.5, 0.6) is 0 Å². The highest BCUT2D eigenvalue weighted by Crippen LogP contribution is 2.20. The van der Waals surface area contributed by atoms with Crippen LogP contribution in [0.3, 0.4) is 0 Å². The molecule has 0 spiro atoms. The van der Waals surface area contributed by atoms with Gasteiger partial charge in [-0.1, -0.05) is 17.7 Å². The van der Waals surface area contributed by atoms with Gasteiger partial charge in [0, 0.05) is 23.8 Å². The maximum Gasteiger partial charge on any atom is 0.252 e. The molecule has 114 valence electrons. The second-order valence-corrected chi connectivity index (χ2v) is 5.40. The van der Waals surface area contributed by atoms with Crippen molar-refractivity contribution in [3.05, 3.63) is 28.8 Å². The summed E-state index contributed by atoms with van der Waals surface area (Å²) in [6, 6.07) is 5.30. The average Bonchev–Trinajstić information content (AvgIpc) is 2.45. The molecule has 0 aromatic heterocycles. The van der Waals surface area contributed by atoms with Crippen LogP contribution in [0.15, 0.2) is 18.2 Å².